The number of anilines is 1. The smallest absolute Gasteiger partial charge is 0.245 e. The number of benzene rings is 1. The van der Waals surface area contributed by atoms with Crippen LogP contribution in [0.5, 0.6) is 11.5 Å². The van der Waals surface area contributed by atoms with Crippen LogP contribution in [0.1, 0.15) is 39.5 Å². The van der Waals surface area contributed by atoms with E-state index in [-0.39, 0.29) is 36.6 Å². The minimum absolute atomic E-state index is 0.0175. The molecule has 1 aromatic rings. The molecule has 3 heterocycles. The van der Waals surface area contributed by atoms with Gasteiger partial charge in [0.2, 0.25) is 17.7 Å². The first-order chi connectivity index (χ1) is 14.9. The van der Waals surface area contributed by atoms with E-state index in [2.05, 4.69) is 5.32 Å². The van der Waals surface area contributed by atoms with E-state index in [4.69, 9.17) is 9.47 Å². The van der Waals surface area contributed by atoms with Crippen LogP contribution in [0, 0.1) is 11.8 Å². The van der Waals surface area contributed by atoms with Crippen molar-refractivity contribution in [3.05, 3.63) is 18.2 Å². The highest BCUT2D eigenvalue weighted by Crippen LogP contribution is 2.36. The quantitative estimate of drug-likeness (QED) is 0.773. The number of amides is 3. The third-order valence-electron chi connectivity index (χ3n) is 6.23. The number of likely N-dealkylation sites (tertiary alicyclic amines) is 1. The molecule has 8 nitrogen and oxygen atoms in total. The van der Waals surface area contributed by atoms with Crippen molar-refractivity contribution in [3.8, 4) is 11.5 Å². The molecule has 0 aliphatic carbocycles. The highest BCUT2D eigenvalue weighted by molar-refractivity contribution is 6.01. The van der Waals surface area contributed by atoms with Crippen molar-refractivity contribution in [2.24, 2.45) is 11.8 Å². The lowest BCUT2D eigenvalue weighted by molar-refractivity contribution is -0.139. The maximum Gasteiger partial charge on any atom is 0.245 e. The summed E-state index contributed by atoms with van der Waals surface area (Å²) in [5.74, 6) is 0.387. The predicted octanol–water partition coefficient (Wildman–Crippen LogP) is 1.96. The lowest BCUT2D eigenvalue weighted by Crippen LogP contribution is -2.53. The number of carbonyl (C=O) groups is 3. The van der Waals surface area contributed by atoms with Gasteiger partial charge in [-0.3, -0.25) is 14.4 Å². The van der Waals surface area contributed by atoms with E-state index in [1.54, 1.807) is 17.0 Å². The molecule has 0 unspecified atom stereocenters. The molecule has 0 bridgehead atoms. The topological polar surface area (TPSA) is 88.2 Å². The highest BCUT2D eigenvalue weighted by Gasteiger charge is 2.38. The molecule has 3 amide bonds. The fraction of sp³-hybridized carbons (Fsp3) is 0.609. The second kappa shape index (κ2) is 9.16. The first-order valence-corrected chi connectivity index (χ1v) is 11.2. The Balaban J connectivity index is 1.41. The van der Waals surface area contributed by atoms with Gasteiger partial charge in [-0.1, -0.05) is 13.8 Å². The zero-order valence-corrected chi connectivity index (χ0v) is 18.3. The van der Waals surface area contributed by atoms with Gasteiger partial charge in [0.15, 0.2) is 11.5 Å². The summed E-state index contributed by atoms with van der Waals surface area (Å²) in [5, 5.41) is 2.94. The van der Waals surface area contributed by atoms with Gasteiger partial charge >= 0.3 is 0 Å². The summed E-state index contributed by atoms with van der Waals surface area (Å²) >= 11 is 0. The van der Waals surface area contributed by atoms with Crippen molar-refractivity contribution < 1.29 is 23.9 Å². The first-order valence-electron chi connectivity index (χ1n) is 11.2. The van der Waals surface area contributed by atoms with Crippen LogP contribution < -0.4 is 19.7 Å². The second-order valence-corrected chi connectivity index (χ2v) is 8.85. The molecule has 2 saturated heterocycles. The Morgan fingerprint density at radius 2 is 1.77 bits per heavy atom. The summed E-state index contributed by atoms with van der Waals surface area (Å²) in [6, 6.07) is 4.81. The van der Waals surface area contributed by atoms with Crippen LogP contribution in [0.3, 0.4) is 0 Å². The molecule has 0 saturated carbocycles. The zero-order valence-electron chi connectivity index (χ0n) is 18.3. The minimum atomic E-state index is -0.566. The van der Waals surface area contributed by atoms with Gasteiger partial charge in [0.25, 0.3) is 0 Å². The number of nitrogens with zero attached hydrogens (tertiary/aromatic N) is 2. The highest BCUT2D eigenvalue weighted by atomic mass is 16.6. The number of rotatable bonds is 5. The summed E-state index contributed by atoms with van der Waals surface area (Å²) in [6.45, 7) is 6.63. The van der Waals surface area contributed by atoms with Gasteiger partial charge in [0.05, 0.1) is 5.92 Å². The Morgan fingerprint density at radius 1 is 1.06 bits per heavy atom. The van der Waals surface area contributed by atoms with Crippen LogP contribution in [-0.4, -0.2) is 61.5 Å². The minimum Gasteiger partial charge on any atom is -0.486 e. The molecule has 0 spiro atoms. The number of hydrogen-bond donors (Lipinski definition) is 1. The average molecular weight is 430 g/mol. The van der Waals surface area contributed by atoms with Crippen LogP contribution in [0.4, 0.5) is 5.69 Å². The molecule has 2 fully saturated rings. The second-order valence-electron chi connectivity index (χ2n) is 8.85. The first kappa shape index (κ1) is 21.5. The summed E-state index contributed by atoms with van der Waals surface area (Å²) in [7, 11) is 0. The molecular weight excluding hydrogens is 398 g/mol. The standard InChI is InChI=1S/C23H31N3O5/c1-15(2)21(23(29)25-8-4-3-5-9-25)24-22(28)16-12-20(27)26(14-16)17-6-7-18-19(13-17)31-11-10-30-18/h6-7,13,15-16,21H,3-5,8-12,14H2,1-2H3,(H,24,28)/t16-,21+/m1/s1. The van der Waals surface area contributed by atoms with Crippen LogP contribution in [-0.2, 0) is 14.4 Å². The molecule has 0 aromatic heterocycles. The predicted molar refractivity (Wildman–Crippen MR) is 115 cm³/mol. The number of carbonyl (C=O) groups excluding carboxylic acids is 3. The Labute approximate surface area is 182 Å². The van der Waals surface area contributed by atoms with Gasteiger partial charge in [-0.2, -0.15) is 0 Å². The number of nitrogens with one attached hydrogen (secondary N) is 1. The van der Waals surface area contributed by atoms with Gasteiger partial charge in [-0.05, 0) is 37.3 Å². The summed E-state index contributed by atoms with van der Waals surface area (Å²) in [6.07, 6.45) is 3.28. The summed E-state index contributed by atoms with van der Waals surface area (Å²) in [5.41, 5.74) is 0.689. The molecular formula is C23H31N3O5. The van der Waals surface area contributed by atoms with E-state index in [0.29, 0.717) is 30.4 Å². The molecule has 2 atom stereocenters. The van der Waals surface area contributed by atoms with Crippen molar-refractivity contribution in [3.63, 3.8) is 0 Å². The molecule has 8 heteroatoms. The Hall–Kier alpha value is -2.77. The third kappa shape index (κ3) is 4.62. The Bertz CT molecular complexity index is 850. The zero-order chi connectivity index (χ0) is 22.0. The monoisotopic (exact) mass is 429 g/mol. The maximum absolute atomic E-state index is 13.0. The van der Waals surface area contributed by atoms with E-state index in [1.807, 2.05) is 24.8 Å². The van der Waals surface area contributed by atoms with E-state index >= 15 is 0 Å². The fourth-order valence-electron chi connectivity index (χ4n) is 4.43. The van der Waals surface area contributed by atoms with Gasteiger partial charge in [0, 0.05) is 37.8 Å². The molecule has 1 aromatic carbocycles. The Morgan fingerprint density at radius 3 is 2.48 bits per heavy atom. The van der Waals surface area contributed by atoms with Crippen molar-refractivity contribution in [1.29, 1.82) is 0 Å². The van der Waals surface area contributed by atoms with E-state index in [9.17, 15) is 14.4 Å². The van der Waals surface area contributed by atoms with E-state index < -0.39 is 12.0 Å². The summed E-state index contributed by atoms with van der Waals surface area (Å²) in [4.78, 5) is 42.1. The molecule has 4 rings (SSSR count). The van der Waals surface area contributed by atoms with Crippen molar-refractivity contribution in [1.82, 2.24) is 10.2 Å². The third-order valence-corrected chi connectivity index (χ3v) is 6.23. The van der Waals surface area contributed by atoms with Crippen LogP contribution in [0.15, 0.2) is 18.2 Å². The lowest BCUT2D eigenvalue weighted by atomic mass is 9.99. The number of piperidine rings is 1. The van der Waals surface area contributed by atoms with Gasteiger partial charge in [0.1, 0.15) is 19.3 Å². The number of ether oxygens (including phenoxy) is 2. The van der Waals surface area contributed by atoms with Crippen LogP contribution in [0.2, 0.25) is 0 Å². The van der Waals surface area contributed by atoms with Crippen LogP contribution >= 0.6 is 0 Å². The van der Waals surface area contributed by atoms with Crippen molar-refractivity contribution in [2.45, 2.75) is 45.6 Å². The molecule has 1 N–H and O–H groups in total. The van der Waals surface area contributed by atoms with Gasteiger partial charge in [-0.15, -0.1) is 0 Å². The van der Waals surface area contributed by atoms with E-state index in [1.165, 1.54) is 0 Å². The molecule has 3 aliphatic heterocycles. The van der Waals surface area contributed by atoms with Crippen molar-refractivity contribution in [2.75, 3.05) is 37.7 Å². The number of hydrogen-bond acceptors (Lipinski definition) is 5. The molecule has 168 valence electrons. The Kier molecular flexibility index (Phi) is 6.34. The molecule has 31 heavy (non-hydrogen) atoms. The maximum atomic E-state index is 13.0. The molecule has 0 radical (unpaired) electrons. The SMILES string of the molecule is CC(C)[C@H](NC(=O)[C@@H]1CC(=O)N(c2ccc3c(c2)OCCO3)C1)C(=O)N1CCCCC1. The summed E-state index contributed by atoms with van der Waals surface area (Å²) < 4.78 is 11.1. The van der Waals surface area contributed by atoms with E-state index in [0.717, 1.165) is 32.4 Å². The van der Waals surface area contributed by atoms with Crippen molar-refractivity contribution >= 4 is 23.4 Å². The normalized spacial score (nSPS) is 21.9. The van der Waals surface area contributed by atoms with Crippen LogP contribution in [0.25, 0.3) is 0 Å². The van der Waals surface area contributed by atoms with Gasteiger partial charge in [-0.25, -0.2) is 0 Å². The molecule has 3 aliphatic rings. The lowest BCUT2D eigenvalue weighted by Gasteiger charge is -2.32. The number of fused-ring (bicyclic) bond motifs is 1. The van der Waals surface area contributed by atoms with Gasteiger partial charge < -0.3 is 24.6 Å². The fourth-order valence-corrected chi connectivity index (χ4v) is 4.43. The largest absolute Gasteiger partial charge is 0.486 e. The average Bonchev–Trinajstić information content (AvgIpc) is 3.18.